The van der Waals surface area contributed by atoms with E-state index in [9.17, 15) is 13.2 Å². The lowest BCUT2D eigenvalue weighted by Gasteiger charge is -2.23. The summed E-state index contributed by atoms with van der Waals surface area (Å²) in [6.07, 6.45) is 1.80. The molecule has 0 bridgehead atoms. The highest BCUT2D eigenvalue weighted by molar-refractivity contribution is 7.91. The maximum atomic E-state index is 11.9. The molecule has 1 aromatic carbocycles. The first-order valence-corrected chi connectivity index (χ1v) is 11.3. The lowest BCUT2D eigenvalue weighted by Crippen LogP contribution is -2.34. The highest BCUT2D eigenvalue weighted by Crippen LogP contribution is 2.35. The van der Waals surface area contributed by atoms with E-state index in [1.165, 1.54) is 0 Å². The van der Waals surface area contributed by atoms with Gasteiger partial charge in [0.05, 0.1) is 28.9 Å². The van der Waals surface area contributed by atoms with Crippen LogP contribution in [0.25, 0.3) is 22.2 Å². The molecule has 8 nitrogen and oxygen atoms in total. The summed E-state index contributed by atoms with van der Waals surface area (Å²) in [6.45, 7) is 3.61. The molecule has 2 aromatic heterocycles. The zero-order chi connectivity index (χ0) is 20.3. The van der Waals surface area contributed by atoms with E-state index in [1.807, 2.05) is 31.2 Å². The average molecular weight is 412 g/mol. The zero-order valence-electron chi connectivity index (χ0n) is 16.0. The third kappa shape index (κ3) is 3.05. The Balaban J connectivity index is 1.54. The fourth-order valence-corrected chi connectivity index (χ4v) is 5.63. The van der Waals surface area contributed by atoms with Gasteiger partial charge in [-0.3, -0.25) is 4.79 Å². The summed E-state index contributed by atoms with van der Waals surface area (Å²) >= 11 is 0. The Morgan fingerprint density at radius 1 is 1.24 bits per heavy atom. The third-order valence-electron chi connectivity index (χ3n) is 5.53. The van der Waals surface area contributed by atoms with E-state index in [0.717, 1.165) is 22.2 Å². The molecule has 5 rings (SSSR count). The molecular weight excluding hydrogens is 392 g/mol. The number of aryl methyl sites for hydroxylation is 1. The van der Waals surface area contributed by atoms with E-state index < -0.39 is 15.9 Å². The lowest BCUT2D eigenvalue weighted by molar-refractivity contribution is -0.122. The number of sulfone groups is 1. The van der Waals surface area contributed by atoms with Crippen LogP contribution in [0.3, 0.4) is 0 Å². The summed E-state index contributed by atoms with van der Waals surface area (Å²) in [4.78, 5) is 16.5. The van der Waals surface area contributed by atoms with E-state index in [4.69, 9.17) is 4.74 Å². The molecular formula is C20H20N4O4S. The molecule has 1 saturated heterocycles. The van der Waals surface area contributed by atoms with Gasteiger partial charge in [-0.25, -0.2) is 18.1 Å². The van der Waals surface area contributed by atoms with Crippen LogP contribution in [-0.4, -0.2) is 46.7 Å². The number of rotatable bonds is 2. The number of ether oxygens (including phenoxy) is 1. The number of hydrogen-bond donors (Lipinski definition) is 1. The fraction of sp³-hybridized carbons (Fsp3) is 0.350. The van der Waals surface area contributed by atoms with Gasteiger partial charge < -0.3 is 10.1 Å². The topological polar surface area (TPSA) is 103 Å². The first-order chi connectivity index (χ1) is 13.8. The maximum absolute atomic E-state index is 11.9. The normalized spacial score (nSPS) is 22.9. The van der Waals surface area contributed by atoms with Gasteiger partial charge in [0.15, 0.2) is 21.6 Å². The number of pyridine rings is 1. The Bertz CT molecular complexity index is 1260. The second-order valence-electron chi connectivity index (χ2n) is 7.64. The molecule has 1 N–H and O–H groups in total. The van der Waals surface area contributed by atoms with Crippen molar-refractivity contribution in [3.8, 4) is 16.9 Å². The van der Waals surface area contributed by atoms with E-state index >= 15 is 0 Å². The highest BCUT2D eigenvalue weighted by atomic mass is 32.2. The standard InChI is InChI=1S/C20H20N4O4S/c1-11-16-7-14(13-3-4-18-17(8-13)22-20(25)12(2)28-18)9-21-19(16)24(23-11)15-5-6-29(26,27)10-15/h3-4,7-9,12,15H,5-6,10H2,1-2H3,(H,22,25). The monoisotopic (exact) mass is 412 g/mol. The summed E-state index contributed by atoms with van der Waals surface area (Å²) in [6, 6.07) is 7.46. The van der Waals surface area contributed by atoms with Crippen LogP contribution >= 0.6 is 0 Å². The molecule has 4 heterocycles. The molecule has 0 aliphatic carbocycles. The molecule has 0 saturated carbocycles. The van der Waals surface area contributed by atoms with E-state index in [-0.39, 0.29) is 23.5 Å². The molecule has 150 valence electrons. The summed E-state index contributed by atoms with van der Waals surface area (Å²) < 4.78 is 31.1. The molecule has 2 aliphatic rings. The number of hydrogen-bond acceptors (Lipinski definition) is 6. The van der Waals surface area contributed by atoms with Crippen molar-refractivity contribution in [3.05, 3.63) is 36.2 Å². The third-order valence-corrected chi connectivity index (χ3v) is 7.28. The van der Waals surface area contributed by atoms with Crippen molar-refractivity contribution in [1.29, 1.82) is 0 Å². The van der Waals surface area contributed by atoms with Crippen LogP contribution in [0.1, 0.15) is 25.1 Å². The molecule has 1 fully saturated rings. The fourth-order valence-electron chi connectivity index (χ4n) is 3.94. The first kappa shape index (κ1) is 18.1. The number of nitrogens with one attached hydrogen (secondary N) is 1. The van der Waals surface area contributed by atoms with Gasteiger partial charge in [0.25, 0.3) is 5.91 Å². The lowest BCUT2D eigenvalue weighted by atomic mass is 10.0. The van der Waals surface area contributed by atoms with Gasteiger partial charge in [0, 0.05) is 17.1 Å². The SMILES string of the molecule is Cc1nn(C2CCS(=O)(=O)C2)c2ncc(-c3ccc4c(c3)NC(=O)C(C)O4)cc12. The zero-order valence-corrected chi connectivity index (χ0v) is 16.9. The van der Waals surface area contributed by atoms with Crippen molar-refractivity contribution in [2.75, 3.05) is 16.8 Å². The summed E-state index contributed by atoms with van der Waals surface area (Å²) in [5.41, 5.74) is 3.91. The van der Waals surface area contributed by atoms with Crippen molar-refractivity contribution in [1.82, 2.24) is 14.8 Å². The van der Waals surface area contributed by atoms with Crippen LogP contribution in [0.15, 0.2) is 30.5 Å². The molecule has 9 heteroatoms. The number of aromatic nitrogens is 3. The number of fused-ring (bicyclic) bond motifs is 2. The van der Waals surface area contributed by atoms with E-state index in [1.54, 1.807) is 17.8 Å². The highest BCUT2D eigenvalue weighted by Gasteiger charge is 2.31. The molecule has 3 aromatic rings. The molecule has 2 unspecified atom stereocenters. The number of carbonyl (C=O) groups is 1. The number of amides is 1. The van der Waals surface area contributed by atoms with Gasteiger partial charge in [0.1, 0.15) is 5.75 Å². The summed E-state index contributed by atoms with van der Waals surface area (Å²) in [5, 5.41) is 8.32. The maximum Gasteiger partial charge on any atom is 0.265 e. The Labute approximate surface area is 167 Å². The number of anilines is 1. The van der Waals surface area contributed by atoms with Gasteiger partial charge in [0.2, 0.25) is 0 Å². The Hall–Kier alpha value is -2.94. The van der Waals surface area contributed by atoms with Crippen molar-refractivity contribution in [2.24, 2.45) is 0 Å². The van der Waals surface area contributed by atoms with Crippen molar-refractivity contribution in [3.63, 3.8) is 0 Å². The molecule has 2 atom stereocenters. The van der Waals surface area contributed by atoms with Crippen molar-refractivity contribution in [2.45, 2.75) is 32.4 Å². The van der Waals surface area contributed by atoms with Crippen LogP contribution in [-0.2, 0) is 14.6 Å². The minimum Gasteiger partial charge on any atom is -0.479 e. The summed E-state index contributed by atoms with van der Waals surface area (Å²) in [5.74, 6) is 0.765. The Morgan fingerprint density at radius 3 is 2.83 bits per heavy atom. The van der Waals surface area contributed by atoms with E-state index in [0.29, 0.717) is 23.5 Å². The van der Waals surface area contributed by atoms with Gasteiger partial charge in [-0.2, -0.15) is 5.10 Å². The Kier molecular flexibility index (Phi) is 3.92. The first-order valence-electron chi connectivity index (χ1n) is 9.48. The number of nitrogens with zero attached hydrogens (tertiary/aromatic N) is 3. The van der Waals surface area contributed by atoms with Crippen LogP contribution < -0.4 is 10.1 Å². The molecule has 1 amide bonds. The van der Waals surface area contributed by atoms with Gasteiger partial charge >= 0.3 is 0 Å². The molecule has 0 spiro atoms. The van der Waals surface area contributed by atoms with Crippen LogP contribution in [0, 0.1) is 6.92 Å². The van der Waals surface area contributed by atoms with Crippen LogP contribution in [0.4, 0.5) is 5.69 Å². The molecule has 29 heavy (non-hydrogen) atoms. The predicted molar refractivity (Wildman–Crippen MR) is 109 cm³/mol. The number of carbonyl (C=O) groups excluding carboxylic acids is 1. The van der Waals surface area contributed by atoms with Crippen LogP contribution in [0.5, 0.6) is 5.75 Å². The van der Waals surface area contributed by atoms with Gasteiger partial charge in [-0.15, -0.1) is 0 Å². The van der Waals surface area contributed by atoms with Crippen molar-refractivity contribution < 1.29 is 17.9 Å². The predicted octanol–water partition coefficient (Wildman–Crippen LogP) is 2.49. The minimum absolute atomic E-state index is 0.107. The quantitative estimate of drug-likeness (QED) is 0.694. The average Bonchev–Trinajstić information content (AvgIpc) is 3.21. The summed E-state index contributed by atoms with van der Waals surface area (Å²) in [7, 11) is -3.01. The Morgan fingerprint density at radius 2 is 2.07 bits per heavy atom. The van der Waals surface area contributed by atoms with E-state index in [2.05, 4.69) is 15.4 Å². The van der Waals surface area contributed by atoms with Gasteiger partial charge in [-0.1, -0.05) is 6.07 Å². The second-order valence-corrected chi connectivity index (χ2v) is 9.87. The second kappa shape index (κ2) is 6.28. The van der Waals surface area contributed by atoms with Crippen LogP contribution in [0.2, 0.25) is 0 Å². The van der Waals surface area contributed by atoms with Crippen molar-refractivity contribution >= 4 is 32.5 Å². The molecule has 0 radical (unpaired) electrons. The number of benzene rings is 1. The van der Waals surface area contributed by atoms with Gasteiger partial charge in [-0.05, 0) is 44.0 Å². The molecule has 2 aliphatic heterocycles. The smallest absolute Gasteiger partial charge is 0.265 e. The largest absolute Gasteiger partial charge is 0.479 e. The minimum atomic E-state index is -3.01.